The van der Waals surface area contributed by atoms with Crippen molar-refractivity contribution in [1.29, 1.82) is 0 Å². The predicted molar refractivity (Wildman–Crippen MR) is 77.7 cm³/mol. The molecule has 0 N–H and O–H groups in total. The summed E-state index contributed by atoms with van der Waals surface area (Å²) in [4.78, 5) is 12.2. The van der Waals surface area contributed by atoms with Crippen LogP contribution in [0, 0.1) is 0 Å². The molecule has 0 heterocycles. The summed E-state index contributed by atoms with van der Waals surface area (Å²) in [7, 11) is -0.241. The SMILES string of the molecule is CO[Si](OC)(OC(=O)c1ccccc1)c1ccccc1. The molecule has 0 aliphatic heterocycles. The maximum absolute atomic E-state index is 12.2. The smallest absolute Gasteiger partial charge is 0.466 e. The van der Waals surface area contributed by atoms with Crippen LogP contribution >= 0.6 is 0 Å². The van der Waals surface area contributed by atoms with E-state index in [-0.39, 0.29) is 0 Å². The van der Waals surface area contributed by atoms with Crippen molar-refractivity contribution in [3.05, 3.63) is 66.2 Å². The lowest BCUT2D eigenvalue weighted by Gasteiger charge is -2.25. The first-order valence-corrected chi connectivity index (χ1v) is 7.88. The van der Waals surface area contributed by atoms with Crippen molar-refractivity contribution < 1.29 is 18.1 Å². The largest absolute Gasteiger partial charge is 0.604 e. The van der Waals surface area contributed by atoms with E-state index in [4.69, 9.17) is 13.3 Å². The Morgan fingerprint density at radius 1 is 0.850 bits per heavy atom. The summed E-state index contributed by atoms with van der Waals surface area (Å²) < 4.78 is 16.4. The highest BCUT2D eigenvalue weighted by molar-refractivity contribution is 6.76. The van der Waals surface area contributed by atoms with Crippen LogP contribution in [0.4, 0.5) is 0 Å². The Labute approximate surface area is 119 Å². The molecule has 2 aromatic carbocycles. The molecule has 0 fully saturated rings. The van der Waals surface area contributed by atoms with E-state index in [0.717, 1.165) is 5.19 Å². The minimum Gasteiger partial charge on any atom is -0.466 e. The second-order valence-electron chi connectivity index (χ2n) is 4.09. The first-order chi connectivity index (χ1) is 9.72. The first kappa shape index (κ1) is 14.5. The van der Waals surface area contributed by atoms with E-state index < -0.39 is 14.8 Å². The van der Waals surface area contributed by atoms with E-state index in [9.17, 15) is 4.79 Å². The number of carbonyl (C=O) groups excluding carboxylic acids is 1. The van der Waals surface area contributed by atoms with Crippen LogP contribution in [0.15, 0.2) is 60.7 Å². The molecule has 4 nitrogen and oxygen atoms in total. The Morgan fingerprint density at radius 2 is 1.35 bits per heavy atom. The Kier molecular flexibility index (Phi) is 4.68. The zero-order valence-corrected chi connectivity index (χ0v) is 12.4. The molecule has 0 radical (unpaired) electrons. The van der Waals surface area contributed by atoms with E-state index >= 15 is 0 Å². The summed E-state index contributed by atoms with van der Waals surface area (Å²) in [6.45, 7) is 0. The fourth-order valence-electron chi connectivity index (χ4n) is 1.86. The van der Waals surface area contributed by atoms with Gasteiger partial charge in [-0.25, -0.2) is 4.79 Å². The minimum atomic E-state index is -3.21. The molecule has 0 unspecified atom stereocenters. The van der Waals surface area contributed by atoms with Gasteiger partial charge in [-0.05, 0) is 12.1 Å². The monoisotopic (exact) mass is 288 g/mol. The summed E-state index contributed by atoms with van der Waals surface area (Å²) in [5.41, 5.74) is 0.467. The van der Waals surface area contributed by atoms with Crippen molar-refractivity contribution in [1.82, 2.24) is 0 Å². The van der Waals surface area contributed by atoms with Gasteiger partial charge in [-0.1, -0.05) is 48.5 Å². The molecule has 104 valence electrons. The van der Waals surface area contributed by atoms with Gasteiger partial charge < -0.3 is 13.3 Å². The minimum absolute atomic E-state index is 0.454. The molecule has 20 heavy (non-hydrogen) atoms. The third kappa shape index (κ3) is 2.96. The van der Waals surface area contributed by atoms with Gasteiger partial charge in [0, 0.05) is 19.4 Å². The Bertz CT molecular complexity index is 553. The lowest BCUT2D eigenvalue weighted by Crippen LogP contribution is -2.56. The third-order valence-electron chi connectivity index (χ3n) is 2.90. The number of rotatable bonds is 5. The number of benzene rings is 2. The van der Waals surface area contributed by atoms with Gasteiger partial charge >= 0.3 is 14.8 Å². The Balaban J connectivity index is 2.29. The van der Waals surface area contributed by atoms with Gasteiger partial charge in [0.25, 0.3) is 0 Å². The molecule has 0 atom stereocenters. The fourth-order valence-corrected chi connectivity index (χ4v) is 3.74. The average Bonchev–Trinajstić information content (AvgIpc) is 2.54. The van der Waals surface area contributed by atoms with Gasteiger partial charge in [0.15, 0.2) is 0 Å². The maximum Gasteiger partial charge on any atom is 0.604 e. The van der Waals surface area contributed by atoms with Gasteiger partial charge in [0.2, 0.25) is 0 Å². The van der Waals surface area contributed by atoms with Crippen LogP contribution in [0.2, 0.25) is 0 Å². The second-order valence-corrected chi connectivity index (χ2v) is 6.80. The molecule has 2 aromatic rings. The summed E-state index contributed by atoms with van der Waals surface area (Å²) in [5.74, 6) is -0.454. The highest BCUT2D eigenvalue weighted by Gasteiger charge is 2.46. The van der Waals surface area contributed by atoms with Crippen molar-refractivity contribution in [3.63, 3.8) is 0 Å². The van der Waals surface area contributed by atoms with Crippen LogP contribution in [0.1, 0.15) is 10.4 Å². The molecule has 2 rings (SSSR count). The quantitative estimate of drug-likeness (QED) is 0.789. The third-order valence-corrected chi connectivity index (χ3v) is 5.47. The van der Waals surface area contributed by atoms with Crippen LogP contribution in [0.3, 0.4) is 0 Å². The van der Waals surface area contributed by atoms with Gasteiger partial charge in [-0.2, -0.15) is 0 Å². The molecule has 0 aliphatic carbocycles. The molecule has 0 bridgehead atoms. The lowest BCUT2D eigenvalue weighted by atomic mass is 10.2. The van der Waals surface area contributed by atoms with Gasteiger partial charge in [0.05, 0.1) is 5.56 Å². The van der Waals surface area contributed by atoms with E-state index in [1.54, 1.807) is 24.3 Å². The first-order valence-electron chi connectivity index (χ1n) is 6.16. The normalized spacial score (nSPS) is 11.1. The van der Waals surface area contributed by atoms with E-state index in [2.05, 4.69) is 0 Å². The molecule has 0 aliphatic rings. The van der Waals surface area contributed by atoms with E-state index in [1.165, 1.54) is 14.2 Å². The van der Waals surface area contributed by atoms with E-state index in [0.29, 0.717) is 5.56 Å². The second kappa shape index (κ2) is 6.47. The molecule has 0 amide bonds. The van der Waals surface area contributed by atoms with E-state index in [1.807, 2.05) is 36.4 Å². The molecule has 0 saturated carbocycles. The van der Waals surface area contributed by atoms with Crippen molar-refractivity contribution >= 4 is 20.0 Å². The topological polar surface area (TPSA) is 44.8 Å². The molecule has 0 aromatic heterocycles. The molecular formula is C15H16O4Si. The molecular weight excluding hydrogens is 272 g/mol. The highest BCUT2D eigenvalue weighted by atomic mass is 28.4. The lowest BCUT2D eigenvalue weighted by molar-refractivity contribution is 0.0553. The Hall–Kier alpha value is -1.95. The number of hydrogen-bond acceptors (Lipinski definition) is 4. The van der Waals surface area contributed by atoms with Gasteiger partial charge in [0.1, 0.15) is 0 Å². The van der Waals surface area contributed by atoms with Gasteiger partial charge in [-0.15, -0.1) is 0 Å². The van der Waals surface area contributed by atoms with Crippen molar-refractivity contribution in [3.8, 4) is 0 Å². The van der Waals surface area contributed by atoms with Crippen LogP contribution in [0.5, 0.6) is 0 Å². The maximum atomic E-state index is 12.2. The standard InChI is InChI=1S/C15H16O4Si/c1-17-20(18-2,14-11-7-4-8-12-14)19-15(16)13-9-5-3-6-10-13/h3-12H,1-2H3. The van der Waals surface area contributed by atoms with Crippen molar-refractivity contribution in [2.75, 3.05) is 14.2 Å². The van der Waals surface area contributed by atoms with Crippen LogP contribution in [-0.2, 0) is 13.3 Å². The summed E-state index contributed by atoms with van der Waals surface area (Å²) in [6.07, 6.45) is 0. The fraction of sp³-hybridized carbons (Fsp3) is 0.133. The zero-order chi connectivity index (χ0) is 14.4. The van der Waals surface area contributed by atoms with Crippen LogP contribution in [-0.4, -0.2) is 29.0 Å². The van der Waals surface area contributed by atoms with Crippen LogP contribution in [0.25, 0.3) is 0 Å². The predicted octanol–water partition coefficient (Wildman–Crippen LogP) is 1.98. The number of hydrogen-bond donors (Lipinski definition) is 0. The zero-order valence-electron chi connectivity index (χ0n) is 11.4. The van der Waals surface area contributed by atoms with Gasteiger partial charge in [-0.3, -0.25) is 0 Å². The average molecular weight is 288 g/mol. The Morgan fingerprint density at radius 3 is 1.85 bits per heavy atom. The molecule has 5 heteroatoms. The summed E-state index contributed by atoms with van der Waals surface area (Å²) >= 11 is 0. The number of carbonyl (C=O) groups is 1. The van der Waals surface area contributed by atoms with Crippen LogP contribution < -0.4 is 5.19 Å². The summed E-state index contributed by atoms with van der Waals surface area (Å²) in [6, 6.07) is 18.0. The summed E-state index contributed by atoms with van der Waals surface area (Å²) in [5, 5.41) is 0.745. The highest BCUT2D eigenvalue weighted by Crippen LogP contribution is 2.12. The van der Waals surface area contributed by atoms with Crippen molar-refractivity contribution in [2.24, 2.45) is 0 Å². The molecule has 0 spiro atoms. The van der Waals surface area contributed by atoms with Crippen molar-refractivity contribution in [2.45, 2.75) is 0 Å². The molecule has 0 saturated heterocycles.